The van der Waals surface area contributed by atoms with Crippen LogP contribution in [-0.2, 0) is 4.79 Å². The van der Waals surface area contributed by atoms with Gasteiger partial charge in [0.25, 0.3) is 0 Å². The van der Waals surface area contributed by atoms with Crippen molar-refractivity contribution < 1.29 is 14.7 Å². The Morgan fingerprint density at radius 1 is 1.39 bits per heavy atom. The van der Waals surface area contributed by atoms with Gasteiger partial charge in [-0.05, 0) is 31.2 Å². The Balaban J connectivity index is 2.14. The van der Waals surface area contributed by atoms with Crippen LogP contribution in [0.1, 0.15) is 11.8 Å². The smallest absolute Gasteiger partial charge is 0.321 e. The molecule has 7 heteroatoms. The first-order valence-electron chi connectivity index (χ1n) is 7.15. The van der Waals surface area contributed by atoms with E-state index in [0.717, 1.165) is 9.75 Å². The van der Waals surface area contributed by atoms with Gasteiger partial charge in [-0.2, -0.15) is 0 Å². The number of thiophene rings is 1. The van der Waals surface area contributed by atoms with E-state index < -0.39 is 11.9 Å². The molecule has 2 rings (SSSR count). The van der Waals surface area contributed by atoms with Crippen LogP contribution in [0.15, 0.2) is 30.5 Å². The Bertz CT molecular complexity index is 714. The molecule has 122 valence electrons. The lowest BCUT2D eigenvalue weighted by atomic mass is 10.2. The van der Waals surface area contributed by atoms with E-state index in [1.165, 1.54) is 4.90 Å². The van der Waals surface area contributed by atoms with Gasteiger partial charge in [-0.1, -0.05) is 6.92 Å². The maximum Gasteiger partial charge on any atom is 0.321 e. The second-order valence-corrected chi connectivity index (χ2v) is 6.65. The topological polar surface area (TPSA) is 82.5 Å². The lowest BCUT2D eigenvalue weighted by Gasteiger charge is -2.20. The van der Waals surface area contributed by atoms with Crippen molar-refractivity contribution in [3.63, 3.8) is 0 Å². The largest absolute Gasteiger partial charge is 0.481 e. The summed E-state index contributed by atoms with van der Waals surface area (Å²) in [5.41, 5.74) is 1.31. The van der Waals surface area contributed by atoms with E-state index in [9.17, 15) is 9.59 Å². The molecular formula is C16H19N3O3S. The highest BCUT2D eigenvalue weighted by Gasteiger charge is 2.18. The van der Waals surface area contributed by atoms with E-state index in [1.54, 1.807) is 43.6 Å². The van der Waals surface area contributed by atoms with E-state index in [1.807, 2.05) is 19.1 Å². The summed E-state index contributed by atoms with van der Waals surface area (Å²) in [6.45, 7) is 3.71. The summed E-state index contributed by atoms with van der Waals surface area (Å²) in [5, 5.41) is 11.7. The summed E-state index contributed by atoms with van der Waals surface area (Å²) >= 11 is 1.60. The van der Waals surface area contributed by atoms with Gasteiger partial charge in [-0.3, -0.25) is 9.78 Å². The molecule has 6 nitrogen and oxygen atoms in total. The predicted octanol–water partition coefficient (Wildman–Crippen LogP) is 3.30. The minimum atomic E-state index is -0.930. The summed E-state index contributed by atoms with van der Waals surface area (Å²) in [7, 11) is 1.57. The van der Waals surface area contributed by atoms with E-state index >= 15 is 0 Å². The second kappa shape index (κ2) is 7.23. The quantitative estimate of drug-likeness (QED) is 0.879. The Kier molecular flexibility index (Phi) is 5.33. The highest BCUT2D eigenvalue weighted by Crippen LogP contribution is 2.31. The fourth-order valence-corrected chi connectivity index (χ4v) is 2.93. The SMILES string of the molecule is Cc1ccc(-c2ncccc2NC(=O)N(C)CC(C)C(=O)O)s1. The number of carbonyl (C=O) groups is 2. The van der Waals surface area contributed by atoms with Crippen LogP contribution in [0.3, 0.4) is 0 Å². The van der Waals surface area contributed by atoms with Crippen LogP contribution in [0.4, 0.5) is 10.5 Å². The van der Waals surface area contributed by atoms with Crippen molar-refractivity contribution in [1.29, 1.82) is 0 Å². The van der Waals surface area contributed by atoms with Crippen molar-refractivity contribution in [2.75, 3.05) is 18.9 Å². The molecule has 0 aliphatic carbocycles. The molecular weight excluding hydrogens is 314 g/mol. The normalized spacial score (nSPS) is 11.8. The van der Waals surface area contributed by atoms with Crippen LogP contribution in [0.5, 0.6) is 0 Å². The summed E-state index contributed by atoms with van der Waals surface area (Å²) in [6, 6.07) is 7.14. The number of pyridine rings is 1. The van der Waals surface area contributed by atoms with Crippen molar-refractivity contribution in [2.45, 2.75) is 13.8 Å². The molecule has 2 N–H and O–H groups in total. The summed E-state index contributed by atoms with van der Waals surface area (Å²) in [5.74, 6) is -1.56. The molecule has 2 aromatic rings. The number of hydrogen-bond donors (Lipinski definition) is 2. The van der Waals surface area contributed by atoms with Crippen LogP contribution < -0.4 is 5.32 Å². The van der Waals surface area contributed by atoms with Gasteiger partial charge in [-0.25, -0.2) is 4.79 Å². The Hall–Kier alpha value is -2.41. The third-order valence-corrected chi connectivity index (χ3v) is 4.35. The highest BCUT2D eigenvalue weighted by atomic mass is 32.1. The molecule has 1 atom stereocenters. The van der Waals surface area contributed by atoms with Gasteiger partial charge < -0.3 is 15.3 Å². The Labute approximate surface area is 138 Å². The van der Waals surface area contributed by atoms with Crippen LogP contribution in [0.25, 0.3) is 10.6 Å². The molecule has 2 heterocycles. The number of amides is 2. The number of nitrogens with one attached hydrogen (secondary N) is 1. The van der Waals surface area contributed by atoms with Gasteiger partial charge in [0.1, 0.15) is 5.69 Å². The number of carboxylic acids is 1. The number of rotatable bonds is 5. The highest BCUT2D eigenvalue weighted by molar-refractivity contribution is 7.15. The number of carbonyl (C=O) groups excluding carboxylic acids is 1. The number of aliphatic carboxylic acids is 1. The number of aryl methyl sites for hydroxylation is 1. The lowest BCUT2D eigenvalue weighted by molar-refractivity contribution is -0.141. The molecule has 1 unspecified atom stereocenters. The molecule has 0 radical (unpaired) electrons. The van der Waals surface area contributed by atoms with Gasteiger partial charge in [-0.15, -0.1) is 11.3 Å². The number of hydrogen-bond acceptors (Lipinski definition) is 4. The third-order valence-electron chi connectivity index (χ3n) is 3.34. The molecule has 0 bridgehead atoms. The van der Waals surface area contributed by atoms with Crippen LogP contribution in [-0.4, -0.2) is 40.6 Å². The van der Waals surface area contributed by atoms with E-state index in [2.05, 4.69) is 10.3 Å². The lowest BCUT2D eigenvalue weighted by Crippen LogP contribution is -2.36. The van der Waals surface area contributed by atoms with Gasteiger partial charge >= 0.3 is 12.0 Å². The standard InChI is InChI=1S/C16H19N3O3S/c1-10(15(20)21)9-19(3)16(22)18-12-5-4-8-17-14(12)13-7-6-11(2)23-13/h4-8,10H,9H2,1-3H3,(H,18,22)(H,20,21). The average molecular weight is 333 g/mol. The molecule has 2 aromatic heterocycles. The van der Waals surface area contributed by atoms with Crippen LogP contribution >= 0.6 is 11.3 Å². The average Bonchev–Trinajstić information content (AvgIpc) is 2.93. The molecule has 0 saturated carbocycles. The van der Waals surface area contributed by atoms with E-state index in [-0.39, 0.29) is 12.6 Å². The third kappa shape index (κ3) is 4.29. The summed E-state index contributed by atoms with van der Waals surface area (Å²) in [4.78, 5) is 31.0. The van der Waals surface area contributed by atoms with Gasteiger partial charge in [0.2, 0.25) is 0 Å². The van der Waals surface area contributed by atoms with Crippen LogP contribution in [0, 0.1) is 12.8 Å². The molecule has 0 fully saturated rings. The van der Waals surface area contributed by atoms with Crippen molar-refractivity contribution in [3.8, 4) is 10.6 Å². The van der Waals surface area contributed by atoms with E-state index in [0.29, 0.717) is 11.4 Å². The monoisotopic (exact) mass is 333 g/mol. The number of carboxylic acid groups (broad SMARTS) is 1. The number of aromatic nitrogens is 1. The predicted molar refractivity (Wildman–Crippen MR) is 90.7 cm³/mol. The molecule has 2 amide bonds. The summed E-state index contributed by atoms with van der Waals surface area (Å²) in [6.07, 6.45) is 1.68. The maximum absolute atomic E-state index is 12.3. The molecule has 0 saturated heterocycles. The molecule has 0 aliphatic rings. The fourth-order valence-electron chi connectivity index (χ4n) is 2.05. The minimum absolute atomic E-state index is 0.134. The van der Waals surface area contributed by atoms with Crippen molar-refractivity contribution in [3.05, 3.63) is 35.3 Å². The first kappa shape index (κ1) is 17.0. The zero-order valence-electron chi connectivity index (χ0n) is 13.2. The summed E-state index contributed by atoms with van der Waals surface area (Å²) < 4.78 is 0. The molecule has 0 spiro atoms. The zero-order chi connectivity index (χ0) is 17.0. The van der Waals surface area contributed by atoms with Crippen molar-refractivity contribution >= 4 is 29.0 Å². The molecule has 23 heavy (non-hydrogen) atoms. The Morgan fingerprint density at radius 3 is 2.74 bits per heavy atom. The van der Waals surface area contributed by atoms with Gasteiger partial charge in [0.15, 0.2) is 0 Å². The van der Waals surface area contributed by atoms with Crippen molar-refractivity contribution in [2.24, 2.45) is 5.92 Å². The van der Waals surface area contributed by atoms with Crippen LogP contribution in [0.2, 0.25) is 0 Å². The first-order valence-corrected chi connectivity index (χ1v) is 7.97. The fraction of sp³-hybridized carbons (Fsp3) is 0.312. The maximum atomic E-state index is 12.3. The number of nitrogens with zero attached hydrogens (tertiary/aromatic N) is 2. The molecule has 0 aliphatic heterocycles. The number of anilines is 1. The minimum Gasteiger partial charge on any atom is -0.481 e. The second-order valence-electron chi connectivity index (χ2n) is 5.36. The molecule has 0 aromatic carbocycles. The zero-order valence-corrected chi connectivity index (χ0v) is 14.1. The van der Waals surface area contributed by atoms with Crippen molar-refractivity contribution in [1.82, 2.24) is 9.88 Å². The Morgan fingerprint density at radius 2 is 2.13 bits per heavy atom. The van der Waals surface area contributed by atoms with Gasteiger partial charge in [0, 0.05) is 24.7 Å². The van der Waals surface area contributed by atoms with Gasteiger partial charge in [0.05, 0.1) is 16.5 Å². The number of urea groups is 1. The first-order chi connectivity index (χ1) is 10.9. The van der Waals surface area contributed by atoms with E-state index in [4.69, 9.17) is 5.11 Å².